The molecule has 3 rings (SSSR count). The van der Waals surface area contributed by atoms with Crippen molar-refractivity contribution in [2.45, 2.75) is 19.9 Å². The lowest BCUT2D eigenvalue weighted by molar-refractivity contribution is -0.132. The topological polar surface area (TPSA) is 92.8 Å². The highest BCUT2D eigenvalue weighted by Crippen LogP contribution is 2.34. The standard InChI is InChI=1S/C20H26N4O4S/c1-12(2)18-19(26)21-7-8-24(18)10-17(25)23-20-22-15(11-29-20)14-6-5-13(27-3)9-16(14)28-4/h5-6,9,11-12,18H,7-8,10H2,1-4H3,(H,21,26)(H,22,23,25). The van der Waals surface area contributed by atoms with Crippen LogP contribution in [0.5, 0.6) is 11.5 Å². The van der Waals surface area contributed by atoms with Crippen LogP contribution in [-0.2, 0) is 9.59 Å². The molecular formula is C20H26N4O4S. The Morgan fingerprint density at radius 2 is 2.17 bits per heavy atom. The molecule has 0 spiro atoms. The van der Waals surface area contributed by atoms with Gasteiger partial charge in [-0.3, -0.25) is 14.5 Å². The van der Waals surface area contributed by atoms with E-state index in [-0.39, 0.29) is 30.3 Å². The summed E-state index contributed by atoms with van der Waals surface area (Å²) in [5.74, 6) is 1.25. The van der Waals surface area contributed by atoms with Crippen molar-refractivity contribution in [2.24, 2.45) is 5.92 Å². The Kier molecular flexibility index (Phi) is 6.71. The first kappa shape index (κ1) is 21.1. The summed E-state index contributed by atoms with van der Waals surface area (Å²) in [6.07, 6.45) is 0. The molecule has 1 unspecified atom stereocenters. The van der Waals surface area contributed by atoms with E-state index in [1.165, 1.54) is 11.3 Å². The third-order valence-corrected chi connectivity index (χ3v) is 5.53. The summed E-state index contributed by atoms with van der Waals surface area (Å²) >= 11 is 1.34. The highest BCUT2D eigenvalue weighted by molar-refractivity contribution is 7.14. The van der Waals surface area contributed by atoms with Gasteiger partial charge < -0.3 is 20.1 Å². The van der Waals surface area contributed by atoms with Gasteiger partial charge in [-0.2, -0.15) is 0 Å². The van der Waals surface area contributed by atoms with Gasteiger partial charge >= 0.3 is 0 Å². The second kappa shape index (κ2) is 9.23. The maximum atomic E-state index is 12.5. The largest absolute Gasteiger partial charge is 0.497 e. The number of nitrogens with zero attached hydrogens (tertiary/aromatic N) is 2. The molecule has 156 valence electrons. The van der Waals surface area contributed by atoms with Gasteiger partial charge in [0.1, 0.15) is 11.5 Å². The molecule has 1 fully saturated rings. The average Bonchev–Trinajstić information content (AvgIpc) is 3.15. The summed E-state index contributed by atoms with van der Waals surface area (Å²) in [5, 5.41) is 8.08. The molecule has 2 N–H and O–H groups in total. The van der Waals surface area contributed by atoms with E-state index in [0.717, 1.165) is 5.56 Å². The van der Waals surface area contributed by atoms with Crippen LogP contribution in [0.1, 0.15) is 13.8 Å². The minimum absolute atomic E-state index is 0.0258. The Bertz CT molecular complexity index is 883. The fourth-order valence-electron chi connectivity index (χ4n) is 3.44. The highest BCUT2D eigenvalue weighted by atomic mass is 32.1. The Balaban J connectivity index is 1.68. The van der Waals surface area contributed by atoms with Gasteiger partial charge in [-0.1, -0.05) is 13.8 Å². The number of thiazole rings is 1. The number of anilines is 1. The fraction of sp³-hybridized carbons (Fsp3) is 0.450. The van der Waals surface area contributed by atoms with Gasteiger partial charge in [0.05, 0.1) is 32.5 Å². The fourth-order valence-corrected chi connectivity index (χ4v) is 4.17. The van der Waals surface area contributed by atoms with Gasteiger partial charge in [0.2, 0.25) is 11.8 Å². The van der Waals surface area contributed by atoms with E-state index in [4.69, 9.17) is 9.47 Å². The Labute approximate surface area is 174 Å². The van der Waals surface area contributed by atoms with Gasteiger partial charge in [0.15, 0.2) is 5.13 Å². The smallest absolute Gasteiger partial charge is 0.240 e. The molecule has 29 heavy (non-hydrogen) atoms. The van der Waals surface area contributed by atoms with Crippen molar-refractivity contribution in [3.05, 3.63) is 23.6 Å². The molecule has 0 aliphatic carbocycles. The Hall–Kier alpha value is -2.65. The van der Waals surface area contributed by atoms with E-state index >= 15 is 0 Å². The van der Waals surface area contributed by atoms with Crippen LogP contribution in [0.25, 0.3) is 11.3 Å². The zero-order chi connectivity index (χ0) is 21.0. The number of piperazine rings is 1. The number of rotatable bonds is 7. The van der Waals surface area contributed by atoms with Gasteiger partial charge in [-0.25, -0.2) is 4.98 Å². The number of carbonyl (C=O) groups excluding carboxylic acids is 2. The van der Waals surface area contributed by atoms with Crippen molar-refractivity contribution >= 4 is 28.3 Å². The van der Waals surface area contributed by atoms with Crippen molar-refractivity contribution in [3.8, 4) is 22.8 Å². The van der Waals surface area contributed by atoms with Crippen molar-refractivity contribution in [2.75, 3.05) is 39.2 Å². The number of hydrogen-bond donors (Lipinski definition) is 2. The van der Waals surface area contributed by atoms with Gasteiger partial charge in [-0.15, -0.1) is 11.3 Å². The first-order valence-corrected chi connectivity index (χ1v) is 10.3. The molecule has 2 amide bonds. The molecule has 1 aromatic heterocycles. The van der Waals surface area contributed by atoms with Crippen LogP contribution >= 0.6 is 11.3 Å². The third-order valence-electron chi connectivity index (χ3n) is 4.77. The molecule has 0 bridgehead atoms. The maximum absolute atomic E-state index is 12.5. The molecular weight excluding hydrogens is 392 g/mol. The van der Waals surface area contributed by atoms with E-state index in [2.05, 4.69) is 15.6 Å². The SMILES string of the molecule is COc1ccc(-c2csc(NC(=O)CN3CCNC(=O)C3C(C)C)n2)c(OC)c1. The van der Waals surface area contributed by atoms with Crippen molar-refractivity contribution in [3.63, 3.8) is 0 Å². The molecule has 8 nitrogen and oxygen atoms in total. The quantitative estimate of drug-likeness (QED) is 0.716. The summed E-state index contributed by atoms with van der Waals surface area (Å²) in [5.41, 5.74) is 1.53. The van der Waals surface area contributed by atoms with Gasteiger partial charge in [0.25, 0.3) is 0 Å². The van der Waals surface area contributed by atoms with E-state index in [9.17, 15) is 9.59 Å². The Morgan fingerprint density at radius 1 is 1.38 bits per heavy atom. The van der Waals surface area contributed by atoms with E-state index in [1.807, 2.05) is 36.3 Å². The zero-order valence-electron chi connectivity index (χ0n) is 17.0. The summed E-state index contributed by atoms with van der Waals surface area (Å²) in [7, 11) is 3.19. The average molecular weight is 419 g/mol. The molecule has 1 aliphatic heterocycles. The number of carbonyl (C=O) groups is 2. The van der Waals surface area contributed by atoms with Crippen molar-refractivity contribution < 1.29 is 19.1 Å². The number of methoxy groups -OCH3 is 2. The second-order valence-electron chi connectivity index (χ2n) is 7.10. The predicted molar refractivity (Wildman–Crippen MR) is 112 cm³/mol. The van der Waals surface area contributed by atoms with Crippen molar-refractivity contribution in [1.82, 2.24) is 15.2 Å². The molecule has 9 heteroatoms. The highest BCUT2D eigenvalue weighted by Gasteiger charge is 2.33. The minimum atomic E-state index is -0.301. The zero-order valence-corrected chi connectivity index (χ0v) is 17.8. The monoisotopic (exact) mass is 418 g/mol. The van der Waals surface area contributed by atoms with E-state index < -0.39 is 0 Å². The summed E-state index contributed by atoms with van der Waals surface area (Å²) < 4.78 is 10.7. The van der Waals surface area contributed by atoms with Crippen LogP contribution in [0.15, 0.2) is 23.6 Å². The minimum Gasteiger partial charge on any atom is -0.497 e. The number of amides is 2. The Morgan fingerprint density at radius 3 is 2.86 bits per heavy atom. The summed E-state index contributed by atoms with van der Waals surface area (Å²) in [6.45, 7) is 5.31. The van der Waals surface area contributed by atoms with Gasteiger partial charge in [-0.05, 0) is 18.1 Å². The van der Waals surface area contributed by atoms with Crippen LogP contribution < -0.4 is 20.1 Å². The predicted octanol–water partition coefficient (Wildman–Crippen LogP) is 2.22. The van der Waals surface area contributed by atoms with Crippen LogP contribution in [0, 0.1) is 5.92 Å². The number of hydrogen-bond acceptors (Lipinski definition) is 7. The number of aromatic nitrogens is 1. The van der Waals surface area contributed by atoms with Gasteiger partial charge in [0, 0.05) is 30.1 Å². The molecule has 0 saturated carbocycles. The van der Waals surface area contributed by atoms with Crippen molar-refractivity contribution in [1.29, 1.82) is 0 Å². The summed E-state index contributed by atoms with van der Waals surface area (Å²) in [6, 6.07) is 5.20. The third kappa shape index (κ3) is 4.86. The number of ether oxygens (including phenoxy) is 2. The first-order valence-electron chi connectivity index (χ1n) is 9.42. The lowest BCUT2D eigenvalue weighted by Gasteiger charge is -2.36. The first-order chi connectivity index (χ1) is 13.9. The number of benzene rings is 1. The second-order valence-corrected chi connectivity index (χ2v) is 7.96. The lowest BCUT2D eigenvalue weighted by Crippen LogP contribution is -2.58. The molecule has 2 heterocycles. The lowest BCUT2D eigenvalue weighted by atomic mass is 10.00. The van der Waals surface area contributed by atoms with Crippen LogP contribution in [0.2, 0.25) is 0 Å². The molecule has 2 aromatic rings. The van der Waals surface area contributed by atoms with E-state index in [1.54, 1.807) is 20.3 Å². The normalized spacial score (nSPS) is 17.1. The maximum Gasteiger partial charge on any atom is 0.240 e. The van der Waals surface area contributed by atoms with Crippen LogP contribution in [0.4, 0.5) is 5.13 Å². The molecule has 1 aliphatic rings. The summed E-state index contributed by atoms with van der Waals surface area (Å²) in [4.78, 5) is 31.1. The molecule has 1 aromatic carbocycles. The van der Waals surface area contributed by atoms with Crippen LogP contribution in [0.3, 0.4) is 0 Å². The number of nitrogens with one attached hydrogen (secondary N) is 2. The molecule has 0 radical (unpaired) electrons. The molecule has 1 saturated heterocycles. The molecule has 1 atom stereocenters. The van der Waals surface area contributed by atoms with E-state index in [0.29, 0.717) is 35.4 Å². The van der Waals surface area contributed by atoms with Crippen LogP contribution in [-0.4, -0.2) is 61.6 Å².